The molecular formula is C24H19BrN4OS. The molecule has 0 unspecified atom stereocenters. The maximum atomic E-state index is 10.6. The first-order valence-corrected chi connectivity index (χ1v) is 11.1. The number of pyridine rings is 1. The fraction of sp³-hybridized carbons (Fsp3) is 0.0833. The highest BCUT2D eigenvalue weighted by Gasteiger charge is 2.42. The Morgan fingerprint density at radius 2 is 1.71 bits per heavy atom. The maximum Gasteiger partial charge on any atom is 0.174 e. The number of aromatic nitrogens is 2. The van der Waals surface area contributed by atoms with Crippen LogP contribution in [-0.2, 0) is 0 Å². The van der Waals surface area contributed by atoms with Gasteiger partial charge in [0.25, 0.3) is 0 Å². The van der Waals surface area contributed by atoms with Gasteiger partial charge in [-0.05, 0) is 72.9 Å². The molecule has 0 radical (unpaired) electrons. The van der Waals surface area contributed by atoms with Crippen LogP contribution in [0.2, 0.25) is 0 Å². The molecule has 5 nitrogen and oxygen atoms in total. The normalized spacial score (nSPS) is 18.2. The van der Waals surface area contributed by atoms with Gasteiger partial charge in [-0.2, -0.15) is 0 Å². The molecule has 31 heavy (non-hydrogen) atoms. The third kappa shape index (κ3) is 3.60. The van der Waals surface area contributed by atoms with Gasteiger partial charge in [0, 0.05) is 28.2 Å². The molecule has 0 amide bonds. The van der Waals surface area contributed by atoms with E-state index in [4.69, 9.17) is 12.2 Å². The van der Waals surface area contributed by atoms with Gasteiger partial charge in [0.2, 0.25) is 0 Å². The van der Waals surface area contributed by atoms with Crippen molar-refractivity contribution in [3.63, 3.8) is 0 Å². The van der Waals surface area contributed by atoms with Gasteiger partial charge in [0.1, 0.15) is 11.8 Å². The molecule has 2 N–H and O–H groups in total. The van der Waals surface area contributed by atoms with Crippen molar-refractivity contribution >= 4 is 38.9 Å². The Bertz CT molecular complexity index is 1230. The molecule has 1 aliphatic heterocycles. The zero-order valence-electron chi connectivity index (χ0n) is 16.4. The number of phenolic OH excluding ortho intramolecular Hbond substituents is 1. The van der Waals surface area contributed by atoms with Crippen LogP contribution in [0.3, 0.4) is 0 Å². The second-order valence-corrected chi connectivity index (χ2v) is 8.57. The maximum absolute atomic E-state index is 10.6. The number of nitrogens with one attached hydrogen (secondary N) is 1. The first-order chi connectivity index (χ1) is 15.1. The molecule has 154 valence electrons. The molecule has 5 rings (SSSR count). The summed E-state index contributed by atoms with van der Waals surface area (Å²) in [6.07, 6.45) is 3.83. The number of thiocarbonyl (C=S) groups is 1. The van der Waals surface area contributed by atoms with E-state index in [1.165, 1.54) is 0 Å². The van der Waals surface area contributed by atoms with Crippen LogP contribution in [0.15, 0.2) is 95.7 Å². The van der Waals surface area contributed by atoms with Crippen molar-refractivity contribution < 1.29 is 5.11 Å². The number of rotatable bonds is 4. The smallest absolute Gasteiger partial charge is 0.174 e. The number of nitrogens with zero attached hydrogens (tertiary/aromatic N) is 3. The summed E-state index contributed by atoms with van der Waals surface area (Å²) < 4.78 is 3.17. The summed E-state index contributed by atoms with van der Waals surface area (Å²) >= 11 is 9.26. The average molecular weight is 491 g/mol. The molecule has 0 aliphatic carbocycles. The number of benzene rings is 2. The van der Waals surface area contributed by atoms with Crippen molar-refractivity contribution in [2.75, 3.05) is 4.90 Å². The average Bonchev–Trinajstić information content (AvgIpc) is 3.40. The predicted molar refractivity (Wildman–Crippen MR) is 130 cm³/mol. The highest BCUT2D eigenvalue weighted by molar-refractivity contribution is 9.10. The SMILES string of the molecule is Oc1ccccc1N1C(=S)N[C@H](c2ccccn2)[C@H]1c1cccn1-c1ccc(Br)cc1. The number of hydrogen-bond acceptors (Lipinski definition) is 3. The van der Waals surface area contributed by atoms with Crippen molar-refractivity contribution in [3.05, 3.63) is 107 Å². The van der Waals surface area contributed by atoms with Crippen LogP contribution in [0, 0.1) is 0 Å². The number of anilines is 1. The third-order valence-electron chi connectivity index (χ3n) is 5.43. The van der Waals surface area contributed by atoms with Crippen LogP contribution in [0.4, 0.5) is 5.69 Å². The molecule has 2 aromatic heterocycles. The van der Waals surface area contributed by atoms with Gasteiger partial charge in [-0.1, -0.05) is 34.1 Å². The summed E-state index contributed by atoms with van der Waals surface area (Å²) in [6, 6.07) is 25.0. The van der Waals surface area contributed by atoms with Gasteiger partial charge >= 0.3 is 0 Å². The minimum absolute atomic E-state index is 0.181. The molecule has 1 saturated heterocycles. The van der Waals surface area contributed by atoms with E-state index in [2.05, 4.69) is 49.0 Å². The Kier molecular flexibility index (Phi) is 5.21. The van der Waals surface area contributed by atoms with Crippen molar-refractivity contribution in [2.45, 2.75) is 12.1 Å². The number of aromatic hydroxyl groups is 1. The van der Waals surface area contributed by atoms with Crippen LogP contribution in [-0.4, -0.2) is 19.8 Å². The molecule has 2 aromatic carbocycles. The first kappa shape index (κ1) is 19.8. The quantitative estimate of drug-likeness (QED) is 0.369. The summed E-state index contributed by atoms with van der Waals surface area (Å²) in [7, 11) is 0. The van der Waals surface area contributed by atoms with E-state index in [-0.39, 0.29) is 17.8 Å². The van der Waals surface area contributed by atoms with Gasteiger partial charge in [-0.3, -0.25) is 4.98 Å². The van der Waals surface area contributed by atoms with Crippen LogP contribution in [0.25, 0.3) is 5.69 Å². The summed E-state index contributed by atoms with van der Waals surface area (Å²) in [6.45, 7) is 0. The lowest BCUT2D eigenvalue weighted by molar-refractivity contribution is 0.472. The molecule has 0 spiro atoms. The fourth-order valence-electron chi connectivity index (χ4n) is 4.05. The van der Waals surface area contributed by atoms with Crippen molar-refractivity contribution in [1.82, 2.24) is 14.9 Å². The van der Waals surface area contributed by atoms with Crippen LogP contribution < -0.4 is 10.2 Å². The summed E-state index contributed by atoms with van der Waals surface area (Å²) in [5.74, 6) is 0.181. The molecule has 0 saturated carbocycles. The third-order valence-corrected chi connectivity index (χ3v) is 6.27. The van der Waals surface area contributed by atoms with Gasteiger partial charge in [-0.15, -0.1) is 0 Å². The first-order valence-electron chi connectivity index (χ1n) is 9.85. The Morgan fingerprint density at radius 1 is 0.935 bits per heavy atom. The van der Waals surface area contributed by atoms with Gasteiger partial charge in [0.15, 0.2) is 5.11 Å². The fourth-order valence-corrected chi connectivity index (χ4v) is 4.66. The largest absolute Gasteiger partial charge is 0.506 e. The topological polar surface area (TPSA) is 53.3 Å². The lowest BCUT2D eigenvalue weighted by atomic mass is 10.0. The second kappa shape index (κ2) is 8.17. The number of halogens is 1. The number of phenols is 1. The van der Waals surface area contributed by atoms with Crippen molar-refractivity contribution in [1.29, 1.82) is 0 Å². The molecule has 4 aromatic rings. The van der Waals surface area contributed by atoms with Crippen LogP contribution in [0.5, 0.6) is 5.75 Å². The van der Waals surface area contributed by atoms with E-state index in [1.807, 2.05) is 59.6 Å². The number of hydrogen-bond donors (Lipinski definition) is 2. The molecule has 0 bridgehead atoms. The van der Waals surface area contributed by atoms with Crippen LogP contribution in [0.1, 0.15) is 23.5 Å². The zero-order chi connectivity index (χ0) is 21.4. The minimum atomic E-state index is -0.214. The van der Waals surface area contributed by atoms with E-state index in [1.54, 1.807) is 18.3 Å². The monoisotopic (exact) mass is 490 g/mol. The molecule has 1 fully saturated rings. The van der Waals surface area contributed by atoms with E-state index in [0.29, 0.717) is 10.8 Å². The lowest BCUT2D eigenvalue weighted by Crippen LogP contribution is -2.30. The van der Waals surface area contributed by atoms with E-state index in [9.17, 15) is 5.11 Å². The summed E-state index contributed by atoms with van der Waals surface area (Å²) in [5, 5.41) is 14.6. The van der Waals surface area contributed by atoms with Gasteiger partial charge in [-0.25, -0.2) is 0 Å². The predicted octanol–water partition coefficient (Wildman–Crippen LogP) is 5.52. The molecule has 2 atom stereocenters. The summed E-state index contributed by atoms with van der Waals surface area (Å²) in [4.78, 5) is 6.57. The Hall–Kier alpha value is -3.16. The minimum Gasteiger partial charge on any atom is -0.506 e. The zero-order valence-corrected chi connectivity index (χ0v) is 18.8. The van der Waals surface area contributed by atoms with E-state index >= 15 is 0 Å². The van der Waals surface area contributed by atoms with E-state index in [0.717, 1.165) is 21.5 Å². The van der Waals surface area contributed by atoms with Gasteiger partial charge < -0.3 is 19.9 Å². The Balaban J connectivity index is 1.68. The lowest BCUT2D eigenvalue weighted by Gasteiger charge is -2.29. The molecule has 1 aliphatic rings. The Labute approximate surface area is 194 Å². The number of para-hydroxylation sites is 2. The molecule has 3 heterocycles. The van der Waals surface area contributed by atoms with Crippen LogP contribution >= 0.6 is 28.1 Å². The standard InChI is InChI=1S/C24H19BrN4OS/c25-16-10-12-17(13-11-16)28-15-5-8-20(28)23-22(18-6-3-4-14-26-18)27-24(31)29(23)19-7-1-2-9-21(19)30/h1-15,22-23,30H,(H,27,31)/t22-,23-/m1/s1. The molecular weight excluding hydrogens is 472 g/mol. The highest BCUT2D eigenvalue weighted by atomic mass is 79.9. The second-order valence-electron chi connectivity index (χ2n) is 7.26. The highest BCUT2D eigenvalue weighted by Crippen LogP contribution is 2.44. The summed E-state index contributed by atoms with van der Waals surface area (Å²) in [5.41, 5.74) is 3.62. The van der Waals surface area contributed by atoms with Crippen molar-refractivity contribution in [3.8, 4) is 11.4 Å². The Morgan fingerprint density at radius 3 is 2.45 bits per heavy atom. The van der Waals surface area contributed by atoms with E-state index < -0.39 is 0 Å². The van der Waals surface area contributed by atoms with Crippen molar-refractivity contribution in [2.24, 2.45) is 0 Å². The molecule has 7 heteroatoms. The van der Waals surface area contributed by atoms with Gasteiger partial charge in [0.05, 0.1) is 17.4 Å².